The Morgan fingerprint density at radius 2 is 2.06 bits per heavy atom. The summed E-state index contributed by atoms with van der Waals surface area (Å²) in [4.78, 5) is 11.8. The van der Waals surface area contributed by atoms with Crippen LogP contribution in [0.1, 0.15) is 18.9 Å². The monoisotopic (exact) mass is 292 g/mol. The number of rotatable bonds is 5. The molecule has 1 aromatic rings. The molecule has 0 fully saturated rings. The molecule has 0 saturated heterocycles. The number of carbonyl (C=O) groups excluding carboxylic acids is 1. The molecule has 0 aliphatic rings. The van der Waals surface area contributed by atoms with Gasteiger partial charge in [0.1, 0.15) is 0 Å². The van der Waals surface area contributed by atoms with Crippen LogP contribution in [0.5, 0.6) is 0 Å². The van der Waals surface area contributed by atoms with Gasteiger partial charge >= 0.3 is 5.97 Å². The van der Waals surface area contributed by atoms with Gasteiger partial charge in [0, 0.05) is 13.0 Å². The second kappa shape index (κ2) is 6.38. The minimum atomic E-state index is -1.92. The molecular formula is C12H14Cl2O4. The first kappa shape index (κ1) is 15.2. The van der Waals surface area contributed by atoms with Gasteiger partial charge in [-0.05, 0) is 24.6 Å². The van der Waals surface area contributed by atoms with Crippen LogP contribution in [0.4, 0.5) is 0 Å². The van der Waals surface area contributed by atoms with Crippen LogP contribution in [-0.4, -0.2) is 29.4 Å². The van der Waals surface area contributed by atoms with Gasteiger partial charge in [-0.3, -0.25) is 0 Å². The third-order valence-electron chi connectivity index (χ3n) is 2.48. The molecule has 100 valence electrons. The van der Waals surface area contributed by atoms with Crippen molar-refractivity contribution in [1.29, 1.82) is 0 Å². The Kier molecular flexibility index (Phi) is 5.41. The van der Waals surface area contributed by atoms with Crippen LogP contribution >= 0.6 is 23.2 Å². The van der Waals surface area contributed by atoms with Crippen molar-refractivity contribution in [2.75, 3.05) is 13.2 Å². The van der Waals surface area contributed by atoms with Crippen molar-refractivity contribution in [1.82, 2.24) is 0 Å². The van der Waals surface area contributed by atoms with Crippen LogP contribution in [0, 0.1) is 0 Å². The molecule has 0 aliphatic heterocycles. The maximum atomic E-state index is 11.8. The normalized spacial score (nSPS) is 14.1. The molecule has 0 heterocycles. The fourth-order valence-corrected chi connectivity index (χ4v) is 1.83. The van der Waals surface area contributed by atoms with Gasteiger partial charge < -0.3 is 14.9 Å². The van der Waals surface area contributed by atoms with E-state index >= 15 is 0 Å². The molecule has 4 nitrogen and oxygen atoms in total. The summed E-state index contributed by atoms with van der Waals surface area (Å²) in [5.74, 6) is -0.822. The van der Waals surface area contributed by atoms with E-state index in [1.807, 2.05) is 0 Å². The highest BCUT2D eigenvalue weighted by Crippen LogP contribution is 2.31. The molecule has 1 atom stereocenters. The highest BCUT2D eigenvalue weighted by atomic mass is 35.5. The molecule has 0 radical (unpaired) electrons. The quantitative estimate of drug-likeness (QED) is 0.816. The summed E-state index contributed by atoms with van der Waals surface area (Å²) in [6, 6.07) is 4.33. The van der Waals surface area contributed by atoms with Crippen molar-refractivity contribution in [2.24, 2.45) is 0 Å². The lowest BCUT2D eigenvalue weighted by molar-refractivity contribution is -0.168. The summed E-state index contributed by atoms with van der Waals surface area (Å²) in [7, 11) is 0. The minimum absolute atomic E-state index is 0.133. The summed E-state index contributed by atoms with van der Waals surface area (Å²) in [5.41, 5.74) is -1.68. The Morgan fingerprint density at radius 1 is 1.39 bits per heavy atom. The summed E-state index contributed by atoms with van der Waals surface area (Å²) in [5, 5.41) is 19.9. The molecule has 1 rings (SSSR count). The number of benzene rings is 1. The third kappa shape index (κ3) is 3.14. The fourth-order valence-electron chi connectivity index (χ4n) is 1.53. The number of hydrogen-bond donors (Lipinski definition) is 2. The average Bonchev–Trinajstić information content (AvgIpc) is 2.33. The highest BCUT2D eigenvalue weighted by Gasteiger charge is 2.39. The predicted octanol–water partition coefficient (Wildman–Crippen LogP) is 2.13. The van der Waals surface area contributed by atoms with Crippen molar-refractivity contribution >= 4 is 29.2 Å². The molecule has 1 unspecified atom stereocenters. The minimum Gasteiger partial charge on any atom is -0.464 e. The number of aliphatic hydroxyl groups excluding tert-OH is 1. The van der Waals surface area contributed by atoms with Gasteiger partial charge in [0.15, 0.2) is 5.60 Å². The maximum Gasteiger partial charge on any atom is 0.342 e. The van der Waals surface area contributed by atoms with Crippen molar-refractivity contribution in [3.05, 3.63) is 33.8 Å². The molecule has 1 aromatic carbocycles. The van der Waals surface area contributed by atoms with Crippen molar-refractivity contribution < 1.29 is 19.7 Å². The lowest BCUT2D eigenvalue weighted by atomic mass is 9.91. The smallest absolute Gasteiger partial charge is 0.342 e. The van der Waals surface area contributed by atoms with Crippen LogP contribution in [-0.2, 0) is 15.1 Å². The lowest BCUT2D eigenvalue weighted by Gasteiger charge is -2.25. The van der Waals surface area contributed by atoms with Gasteiger partial charge in [-0.25, -0.2) is 4.79 Å². The Bertz CT molecular complexity index is 436. The van der Waals surface area contributed by atoms with E-state index in [0.29, 0.717) is 5.02 Å². The molecule has 18 heavy (non-hydrogen) atoms. The molecule has 0 aromatic heterocycles. The highest BCUT2D eigenvalue weighted by molar-refractivity contribution is 6.42. The summed E-state index contributed by atoms with van der Waals surface area (Å²) in [6.45, 7) is 1.40. The van der Waals surface area contributed by atoms with E-state index < -0.39 is 11.6 Å². The lowest BCUT2D eigenvalue weighted by Crippen LogP contribution is -2.38. The number of halogens is 2. The molecular weight excluding hydrogens is 279 g/mol. The first-order valence-corrected chi connectivity index (χ1v) is 6.17. The first-order valence-electron chi connectivity index (χ1n) is 5.41. The van der Waals surface area contributed by atoms with Crippen LogP contribution in [0.2, 0.25) is 10.0 Å². The van der Waals surface area contributed by atoms with Crippen molar-refractivity contribution in [2.45, 2.75) is 18.9 Å². The number of aliphatic hydroxyl groups is 2. The first-order chi connectivity index (χ1) is 8.45. The van der Waals surface area contributed by atoms with E-state index in [1.54, 1.807) is 6.92 Å². The maximum absolute atomic E-state index is 11.8. The number of carbonyl (C=O) groups is 1. The van der Waals surface area contributed by atoms with Gasteiger partial charge in [-0.2, -0.15) is 0 Å². The van der Waals surface area contributed by atoms with Gasteiger partial charge in [-0.1, -0.05) is 29.3 Å². The van der Waals surface area contributed by atoms with Crippen molar-refractivity contribution in [3.63, 3.8) is 0 Å². The summed E-state index contributed by atoms with van der Waals surface area (Å²) in [6.07, 6.45) is -0.177. The van der Waals surface area contributed by atoms with E-state index in [4.69, 9.17) is 33.0 Å². The van der Waals surface area contributed by atoms with Crippen LogP contribution in [0.25, 0.3) is 0 Å². The molecule has 0 aliphatic carbocycles. The molecule has 6 heteroatoms. The summed E-state index contributed by atoms with van der Waals surface area (Å²) >= 11 is 11.6. The molecule has 2 N–H and O–H groups in total. The van der Waals surface area contributed by atoms with Crippen LogP contribution in [0.15, 0.2) is 18.2 Å². The molecule has 0 spiro atoms. The zero-order chi connectivity index (χ0) is 13.8. The Hall–Kier alpha value is -0.810. The number of ether oxygens (including phenoxy) is 1. The second-order valence-electron chi connectivity index (χ2n) is 3.68. The topological polar surface area (TPSA) is 66.8 Å². The van der Waals surface area contributed by atoms with E-state index in [0.717, 1.165) is 0 Å². The standard InChI is InChI=1S/C12H14Cl2O4/c1-2-18-11(16)12(17,5-6-15)8-3-4-9(13)10(14)7-8/h3-4,7,15,17H,2,5-6H2,1H3. The van der Waals surface area contributed by atoms with Crippen molar-refractivity contribution in [3.8, 4) is 0 Å². The fraction of sp³-hybridized carbons (Fsp3) is 0.417. The third-order valence-corrected chi connectivity index (χ3v) is 3.22. The van der Waals surface area contributed by atoms with E-state index in [-0.39, 0.29) is 30.2 Å². The SMILES string of the molecule is CCOC(=O)C(O)(CCO)c1ccc(Cl)c(Cl)c1. The molecule has 0 bridgehead atoms. The van der Waals surface area contributed by atoms with Gasteiger partial charge in [-0.15, -0.1) is 0 Å². The Labute approximate surface area is 115 Å². The summed E-state index contributed by atoms with van der Waals surface area (Å²) < 4.78 is 4.81. The second-order valence-corrected chi connectivity index (χ2v) is 4.50. The molecule has 0 saturated carbocycles. The van der Waals surface area contributed by atoms with Crippen LogP contribution in [0.3, 0.4) is 0 Å². The number of hydrogen-bond acceptors (Lipinski definition) is 4. The largest absolute Gasteiger partial charge is 0.464 e. The predicted molar refractivity (Wildman–Crippen MR) is 68.7 cm³/mol. The zero-order valence-corrected chi connectivity index (χ0v) is 11.3. The number of esters is 1. The van der Waals surface area contributed by atoms with E-state index in [9.17, 15) is 9.90 Å². The van der Waals surface area contributed by atoms with E-state index in [1.165, 1.54) is 18.2 Å². The van der Waals surface area contributed by atoms with Gasteiger partial charge in [0.2, 0.25) is 0 Å². The van der Waals surface area contributed by atoms with Gasteiger partial charge in [0.05, 0.1) is 16.7 Å². The average molecular weight is 293 g/mol. The zero-order valence-electron chi connectivity index (χ0n) is 9.82. The Morgan fingerprint density at radius 3 is 2.56 bits per heavy atom. The van der Waals surface area contributed by atoms with Crippen LogP contribution < -0.4 is 0 Å². The molecule has 0 amide bonds. The van der Waals surface area contributed by atoms with E-state index in [2.05, 4.69) is 0 Å². The van der Waals surface area contributed by atoms with Gasteiger partial charge in [0.25, 0.3) is 0 Å². The Balaban J connectivity index is 3.17.